The van der Waals surface area contributed by atoms with Crippen LogP contribution in [0.5, 0.6) is 0 Å². The molecular weight excluding hydrogens is 212 g/mol. The lowest BCUT2D eigenvalue weighted by molar-refractivity contribution is -0.0173. The summed E-state index contributed by atoms with van der Waals surface area (Å²) in [5.74, 6) is 0.315. The lowest BCUT2D eigenvalue weighted by Crippen LogP contribution is -2.21. The quantitative estimate of drug-likeness (QED) is 0.870. The Labute approximate surface area is 104 Å². The Morgan fingerprint density at radius 1 is 1.29 bits per heavy atom. The molecule has 0 spiro atoms. The van der Waals surface area contributed by atoms with Gasteiger partial charge in [0.2, 0.25) is 0 Å². The number of rotatable bonds is 3. The van der Waals surface area contributed by atoms with E-state index in [1.54, 1.807) is 0 Å². The predicted molar refractivity (Wildman–Crippen MR) is 68.9 cm³/mol. The number of benzene rings is 1. The number of aliphatic hydroxyl groups excluding tert-OH is 1. The highest BCUT2D eigenvalue weighted by Crippen LogP contribution is 2.37. The van der Waals surface area contributed by atoms with Crippen LogP contribution in [0.4, 0.5) is 0 Å². The molecule has 0 amide bonds. The molecular formula is C15H22O2. The van der Waals surface area contributed by atoms with Gasteiger partial charge in [0.05, 0.1) is 11.7 Å². The van der Waals surface area contributed by atoms with Crippen LogP contribution < -0.4 is 0 Å². The fourth-order valence-electron chi connectivity index (χ4n) is 2.43. The highest BCUT2D eigenvalue weighted by atomic mass is 16.5. The second-order valence-corrected chi connectivity index (χ2v) is 5.86. The van der Waals surface area contributed by atoms with Crippen LogP contribution >= 0.6 is 0 Å². The van der Waals surface area contributed by atoms with Gasteiger partial charge in [-0.25, -0.2) is 0 Å². The molecule has 1 aromatic rings. The monoisotopic (exact) mass is 234 g/mol. The molecule has 2 heteroatoms. The molecule has 1 N–H and O–H groups in total. The molecule has 2 atom stereocenters. The Kier molecular flexibility index (Phi) is 3.55. The Bertz CT molecular complexity index is 379. The first-order valence-electron chi connectivity index (χ1n) is 6.37. The Hall–Kier alpha value is -0.860. The molecule has 0 aromatic heterocycles. The van der Waals surface area contributed by atoms with Gasteiger partial charge in [-0.2, -0.15) is 0 Å². The van der Waals surface area contributed by atoms with E-state index in [0.29, 0.717) is 5.92 Å². The van der Waals surface area contributed by atoms with Crippen LogP contribution in [0.25, 0.3) is 0 Å². The van der Waals surface area contributed by atoms with E-state index in [0.717, 1.165) is 25.0 Å². The maximum atomic E-state index is 10.2. The third kappa shape index (κ3) is 3.08. The molecule has 0 aliphatic heterocycles. The predicted octanol–water partition coefficient (Wildman–Crippen LogP) is 3.10. The van der Waals surface area contributed by atoms with Crippen molar-refractivity contribution in [1.82, 2.24) is 0 Å². The fraction of sp³-hybridized carbons (Fsp3) is 0.600. The zero-order valence-electron chi connectivity index (χ0n) is 10.9. The molecule has 0 bridgehead atoms. The summed E-state index contributed by atoms with van der Waals surface area (Å²) in [6.45, 7) is 6.91. The summed E-state index contributed by atoms with van der Waals surface area (Å²) >= 11 is 0. The van der Waals surface area contributed by atoms with Crippen LogP contribution in [0.1, 0.15) is 44.4 Å². The average Bonchev–Trinajstić information content (AvgIpc) is 2.55. The fourth-order valence-corrected chi connectivity index (χ4v) is 2.43. The minimum Gasteiger partial charge on any atom is -0.388 e. The van der Waals surface area contributed by atoms with Crippen LogP contribution in [0.15, 0.2) is 24.3 Å². The zero-order chi connectivity index (χ0) is 12.5. The van der Waals surface area contributed by atoms with Crippen LogP contribution in [-0.2, 0) is 11.2 Å². The number of aliphatic hydroxyl groups is 1. The molecule has 2 rings (SSSR count). The molecule has 94 valence electrons. The van der Waals surface area contributed by atoms with E-state index >= 15 is 0 Å². The average molecular weight is 234 g/mol. The largest absolute Gasteiger partial charge is 0.388 e. The Balaban J connectivity index is 1.90. The summed E-state index contributed by atoms with van der Waals surface area (Å²) in [4.78, 5) is 0. The second-order valence-electron chi connectivity index (χ2n) is 5.86. The van der Waals surface area contributed by atoms with Crippen molar-refractivity contribution in [2.45, 2.75) is 45.3 Å². The van der Waals surface area contributed by atoms with E-state index in [-0.39, 0.29) is 11.7 Å². The maximum absolute atomic E-state index is 10.2. The second kappa shape index (κ2) is 4.79. The summed E-state index contributed by atoms with van der Waals surface area (Å²) in [5, 5.41) is 10.2. The van der Waals surface area contributed by atoms with Crippen LogP contribution in [0.2, 0.25) is 0 Å². The number of hydrogen-bond acceptors (Lipinski definition) is 2. The first-order chi connectivity index (χ1) is 7.97. The molecule has 0 radical (unpaired) electrons. The first-order valence-corrected chi connectivity index (χ1v) is 6.37. The first kappa shape index (κ1) is 12.6. The summed E-state index contributed by atoms with van der Waals surface area (Å²) in [6.07, 6.45) is 1.59. The number of hydrogen-bond donors (Lipinski definition) is 1. The third-order valence-electron chi connectivity index (χ3n) is 3.33. The van der Waals surface area contributed by atoms with Crippen molar-refractivity contribution in [3.05, 3.63) is 35.4 Å². The summed E-state index contributed by atoms with van der Waals surface area (Å²) in [6, 6.07) is 8.18. The van der Waals surface area contributed by atoms with E-state index in [1.165, 1.54) is 5.56 Å². The van der Waals surface area contributed by atoms with E-state index in [2.05, 4.69) is 26.8 Å². The van der Waals surface area contributed by atoms with Crippen molar-refractivity contribution in [3.63, 3.8) is 0 Å². The summed E-state index contributed by atoms with van der Waals surface area (Å²) < 4.78 is 5.73. The minimum atomic E-state index is -0.310. The molecule has 1 aliphatic rings. The summed E-state index contributed by atoms with van der Waals surface area (Å²) in [7, 11) is 0. The standard InChI is InChI=1S/C15H22O2/c1-15(2,3)17-9-8-12-10-11-6-4-5-7-13(11)14(12)16/h4-7,12,14,16H,8-10H2,1-3H3. The lowest BCUT2D eigenvalue weighted by Gasteiger charge is -2.22. The van der Waals surface area contributed by atoms with E-state index in [4.69, 9.17) is 4.74 Å². The van der Waals surface area contributed by atoms with Crippen molar-refractivity contribution in [2.24, 2.45) is 5.92 Å². The van der Waals surface area contributed by atoms with Gasteiger partial charge in [0, 0.05) is 6.61 Å². The SMILES string of the molecule is CC(C)(C)OCCC1Cc2ccccc2C1O. The number of ether oxygens (including phenoxy) is 1. The van der Waals surface area contributed by atoms with Gasteiger partial charge in [0.25, 0.3) is 0 Å². The minimum absolute atomic E-state index is 0.0869. The van der Waals surface area contributed by atoms with E-state index < -0.39 is 0 Å². The van der Waals surface area contributed by atoms with Gasteiger partial charge in [-0.15, -0.1) is 0 Å². The molecule has 0 saturated heterocycles. The van der Waals surface area contributed by atoms with E-state index in [1.807, 2.05) is 18.2 Å². The van der Waals surface area contributed by atoms with Crippen LogP contribution in [-0.4, -0.2) is 17.3 Å². The van der Waals surface area contributed by atoms with Gasteiger partial charge in [0.15, 0.2) is 0 Å². The maximum Gasteiger partial charge on any atom is 0.0824 e. The van der Waals surface area contributed by atoms with Crippen molar-refractivity contribution >= 4 is 0 Å². The molecule has 17 heavy (non-hydrogen) atoms. The molecule has 2 unspecified atom stereocenters. The Morgan fingerprint density at radius 3 is 2.65 bits per heavy atom. The van der Waals surface area contributed by atoms with Crippen molar-refractivity contribution < 1.29 is 9.84 Å². The molecule has 0 fully saturated rings. The molecule has 1 aromatic carbocycles. The van der Waals surface area contributed by atoms with Gasteiger partial charge < -0.3 is 9.84 Å². The normalized spacial score (nSPS) is 23.8. The van der Waals surface area contributed by atoms with Gasteiger partial charge in [-0.05, 0) is 50.7 Å². The highest BCUT2D eigenvalue weighted by molar-refractivity contribution is 5.34. The molecule has 2 nitrogen and oxygen atoms in total. The molecule has 0 saturated carbocycles. The van der Waals surface area contributed by atoms with E-state index in [9.17, 15) is 5.11 Å². The number of fused-ring (bicyclic) bond motifs is 1. The third-order valence-corrected chi connectivity index (χ3v) is 3.33. The van der Waals surface area contributed by atoms with Crippen LogP contribution in [0.3, 0.4) is 0 Å². The Morgan fingerprint density at radius 2 is 2.00 bits per heavy atom. The van der Waals surface area contributed by atoms with Crippen molar-refractivity contribution in [3.8, 4) is 0 Å². The lowest BCUT2D eigenvalue weighted by atomic mass is 10.00. The van der Waals surface area contributed by atoms with Gasteiger partial charge in [0.1, 0.15) is 0 Å². The zero-order valence-corrected chi connectivity index (χ0v) is 10.9. The summed E-state index contributed by atoms with van der Waals surface area (Å²) in [5.41, 5.74) is 2.31. The molecule has 0 heterocycles. The smallest absolute Gasteiger partial charge is 0.0824 e. The van der Waals surface area contributed by atoms with Crippen LogP contribution in [0, 0.1) is 5.92 Å². The van der Waals surface area contributed by atoms with Crippen molar-refractivity contribution in [2.75, 3.05) is 6.61 Å². The van der Waals surface area contributed by atoms with Gasteiger partial charge in [-0.3, -0.25) is 0 Å². The van der Waals surface area contributed by atoms with Gasteiger partial charge in [-0.1, -0.05) is 24.3 Å². The molecule has 1 aliphatic carbocycles. The highest BCUT2D eigenvalue weighted by Gasteiger charge is 2.30. The van der Waals surface area contributed by atoms with Crippen molar-refractivity contribution in [1.29, 1.82) is 0 Å². The topological polar surface area (TPSA) is 29.5 Å². The van der Waals surface area contributed by atoms with Gasteiger partial charge >= 0.3 is 0 Å².